The van der Waals surface area contributed by atoms with Crippen LogP contribution in [0.5, 0.6) is 0 Å². The van der Waals surface area contributed by atoms with E-state index < -0.39 is 53.4 Å². The Hall–Kier alpha value is -6.70. The molecule has 13 heterocycles. The Morgan fingerprint density at radius 2 is 0.987 bits per heavy atom. The van der Waals surface area contributed by atoms with E-state index in [1.54, 1.807) is 30.8 Å². The minimum absolute atomic E-state index is 0.0154. The van der Waals surface area contributed by atoms with E-state index in [0.717, 1.165) is 53.4 Å². The maximum atomic E-state index is 13.0. The lowest BCUT2D eigenvalue weighted by Crippen LogP contribution is -2.48. The average molecular weight is 1140 g/mol. The van der Waals surface area contributed by atoms with Gasteiger partial charge in [-0.3, -0.25) is 33.3 Å². The van der Waals surface area contributed by atoms with Crippen LogP contribution in [0.15, 0.2) is 55.2 Å². The molecule has 0 aliphatic carbocycles. The number of morpholine rings is 3. The minimum atomic E-state index is -0.779. The largest absolute Gasteiger partial charge is 0.388 e. The van der Waals surface area contributed by atoms with Gasteiger partial charge in [-0.05, 0) is 60.8 Å². The number of nitrogens with zero attached hydrogens (tertiary/aromatic N) is 16. The van der Waals surface area contributed by atoms with Crippen molar-refractivity contribution in [3.8, 4) is 5.82 Å². The molecule has 6 saturated heterocycles. The molecule has 7 aromatic heterocycles. The Morgan fingerprint density at radius 1 is 0.582 bits per heavy atom. The fraction of sp³-hybridized carbons (Fsp3) is 0.592. The molecule has 420 valence electrons. The van der Waals surface area contributed by atoms with Crippen LogP contribution in [-0.4, -0.2) is 137 Å². The molecular weight excluding hydrogens is 1080 g/mol. The molecule has 7 aromatic rings. The van der Waals surface area contributed by atoms with Crippen molar-refractivity contribution in [1.82, 2.24) is 71.5 Å². The number of aromatic nitrogens is 15. The van der Waals surface area contributed by atoms with Crippen molar-refractivity contribution in [1.29, 1.82) is 0 Å². The fourth-order valence-electron chi connectivity index (χ4n) is 12.4. The summed E-state index contributed by atoms with van der Waals surface area (Å²) in [5, 5.41) is 17.4. The van der Waals surface area contributed by atoms with Gasteiger partial charge < -0.3 is 34.0 Å². The number of H-pyrrole nitrogens is 2. The summed E-state index contributed by atoms with van der Waals surface area (Å²) >= 11 is 4.02. The van der Waals surface area contributed by atoms with Crippen LogP contribution in [0.4, 0.5) is 15.4 Å². The van der Waals surface area contributed by atoms with Crippen molar-refractivity contribution >= 4 is 50.0 Å². The topological polar surface area (TPSA) is 310 Å². The number of aliphatic hydroxyl groups is 1. The fourth-order valence-corrected chi connectivity index (χ4v) is 14.5. The van der Waals surface area contributed by atoms with Gasteiger partial charge in [-0.15, -0.1) is 0 Å². The van der Waals surface area contributed by atoms with Crippen molar-refractivity contribution < 1.29 is 19.3 Å². The van der Waals surface area contributed by atoms with Crippen molar-refractivity contribution in [3.05, 3.63) is 118 Å². The molecule has 0 unspecified atom stereocenters. The predicted molar refractivity (Wildman–Crippen MR) is 291 cm³/mol. The molecular formula is C49H62N18O9S3. The molecule has 79 heavy (non-hydrogen) atoms. The number of hydrogen-bond acceptors (Lipinski definition) is 24. The van der Waals surface area contributed by atoms with Gasteiger partial charge in [0.15, 0.2) is 24.5 Å². The third kappa shape index (κ3) is 8.89. The van der Waals surface area contributed by atoms with Crippen LogP contribution < -0.4 is 42.9 Å². The molecule has 13 rings (SSSR count). The zero-order valence-electron chi connectivity index (χ0n) is 45.4. The first kappa shape index (κ1) is 54.3. The molecule has 3 N–H and O–H groups in total. The zero-order chi connectivity index (χ0) is 56.2. The van der Waals surface area contributed by atoms with Gasteiger partial charge in [0.25, 0.3) is 11.1 Å². The highest BCUT2D eigenvalue weighted by Crippen LogP contribution is 2.55. The summed E-state index contributed by atoms with van der Waals surface area (Å²) in [6.45, 7) is 23.3. The highest BCUT2D eigenvalue weighted by atomic mass is 32.1. The Balaban J connectivity index is 0.000000126. The van der Waals surface area contributed by atoms with Crippen LogP contribution in [0.25, 0.3) is 5.82 Å². The van der Waals surface area contributed by atoms with E-state index in [-0.39, 0.29) is 46.4 Å². The maximum Gasteiger partial charge on any atom is 0.351 e. The van der Waals surface area contributed by atoms with E-state index in [1.165, 1.54) is 67.3 Å². The van der Waals surface area contributed by atoms with Gasteiger partial charge in [0.05, 0.1) is 42.9 Å². The van der Waals surface area contributed by atoms with E-state index in [2.05, 4.69) is 90.6 Å². The Kier molecular flexibility index (Phi) is 13.8. The van der Waals surface area contributed by atoms with Crippen LogP contribution in [0, 0.1) is 53.4 Å². The third-order valence-corrected chi connectivity index (χ3v) is 19.4. The lowest BCUT2D eigenvalue weighted by molar-refractivity contribution is -0.106. The van der Waals surface area contributed by atoms with Crippen molar-refractivity contribution in [2.45, 2.75) is 155 Å². The molecule has 0 saturated carbocycles. The molecule has 0 aromatic carbocycles. The molecule has 6 fully saturated rings. The highest BCUT2D eigenvalue weighted by Gasteiger charge is 2.65. The van der Waals surface area contributed by atoms with Gasteiger partial charge in [0.2, 0.25) is 15.4 Å². The van der Waals surface area contributed by atoms with E-state index in [4.69, 9.17) is 14.2 Å². The molecule has 30 heteroatoms. The molecule has 0 radical (unpaired) electrons. The number of ether oxygens (including phenoxy) is 3. The number of hydrogen-bond donors (Lipinski definition) is 3. The lowest BCUT2D eigenvalue weighted by Gasteiger charge is -2.37. The number of fused-ring (bicyclic) bond motifs is 6. The molecule has 0 spiro atoms. The standard InChI is InChI=1S/C18H22N8O2S.C16H21N5O3S.C15H19N5O4S/c1-5-18-7-25(17-21-12(4)23-29-17)13(11(18)3)15(28-18)24-6-10(2)14(22-16(24)27)26-9-19-8-20-26;1-5-16-7-21(15-17-10(4)19-25-15)11(9(16)3)13(24-16)20-6-8(2)12(22)18-14(20)23;1-4-15-6-20(14-16-8(3)18-25-14)9(10(15)21)12(24-15)19-5-7(2)11(22)17-13(19)23/h6,8-9,11,13,15H,5,7H2,1-4H3;6,9,11,13H,5,7H2,1-4H3,(H,18,22,23);5,9-10,12,21H,4,6H2,1-3H3,(H,17,22,23)/t11-,13+,15+,18-;9-,11+,13+,16-;9-,10+,12-,15+/m001/s1. The first-order valence-electron chi connectivity index (χ1n) is 26.2. The number of anilines is 3. The molecule has 12 atom stereocenters. The van der Waals surface area contributed by atoms with Gasteiger partial charge in [0.1, 0.15) is 47.9 Å². The molecule has 6 bridgehead atoms. The van der Waals surface area contributed by atoms with Crippen LogP contribution in [-0.2, 0) is 14.2 Å². The summed E-state index contributed by atoms with van der Waals surface area (Å²) in [7, 11) is 0. The third-order valence-electron chi connectivity index (χ3n) is 16.8. The number of aliphatic hydroxyl groups excluding tert-OH is 1. The van der Waals surface area contributed by atoms with Crippen molar-refractivity contribution in [2.75, 3.05) is 34.3 Å². The van der Waals surface area contributed by atoms with Crippen LogP contribution in [0.2, 0.25) is 0 Å². The maximum absolute atomic E-state index is 13.0. The number of nitrogens with one attached hydrogen (secondary N) is 2. The van der Waals surface area contributed by atoms with Crippen LogP contribution in [0.1, 0.15) is 107 Å². The van der Waals surface area contributed by atoms with Gasteiger partial charge >= 0.3 is 17.1 Å². The first-order valence-corrected chi connectivity index (χ1v) is 28.5. The smallest absolute Gasteiger partial charge is 0.351 e. The summed E-state index contributed by atoms with van der Waals surface area (Å²) in [4.78, 5) is 93.8. The van der Waals surface area contributed by atoms with Crippen LogP contribution in [0.3, 0.4) is 0 Å². The first-order chi connectivity index (χ1) is 37.6. The summed E-state index contributed by atoms with van der Waals surface area (Å²) in [6.07, 6.45) is 7.72. The SMILES string of the molecule is CC[C@@]12CN(c3nc(C)ns3)[C@@H]([C@H](n3cc(C)c(-n4cncn4)nc3=O)O1)[C@@H]2C.CC[C@@]12CN(c3nc(C)ns3)[C@@H]([C@H](n3cc(C)c(=O)[nH]c3=O)O1)[C@@H]2C.CC[C@@]12CN(c3nc(C)ns3)[C@@H]([C@H](n3cc(C)c(=O)[nH]c3=O)O1)[C@@H]2O. The van der Waals surface area contributed by atoms with Gasteiger partial charge in [-0.1, -0.05) is 34.6 Å². The number of rotatable bonds is 10. The molecule has 6 aliphatic rings. The quantitative estimate of drug-likeness (QED) is 0.177. The zero-order valence-corrected chi connectivity index (χ0v) is 47.9. The second-order valence-corrected chi connectivity index (χ2v) is 23.5. The summed E-state index contributed by atoms with van der Waals surface area (Å²) in [6, 6.07) is -0.524. The predicted octanol–water partition coefficient (Wildman–Crippen LogP) is 2.63. The second-order valence-electron chi connectivity index (χ2n) is 21.3. The highest BCUT2D eigenvalue weighted by molar-refractivity contribution is 7.10. The van der Waals surface area contributed by atoms with Gasteiger partial charge in [0, 0.05) is 81.7 Å². The van der Waals surface area contributed by atoms with E-state index in [9.17, 15) is 29.1 Å². The molecule has 27 nitrogen and oxygen atoms in total. The Bertz CT molecular complexity index is 3590. The lowest BCUT2D eigenvalue weighted by atomic mass is 9.88. The summed E-state index contributed by atoms with van der Waals surface area (Å²) in [5.74, 6) is 3.11. The van der Waals surface area contributed by atoms with E-state index in [1.807, 2.05) is 39.5 Å². The normalized spacial score (nSPS) is 30.1. The second kappa shape index (κ2) is 20.1. The Labute approximate surface area is 463 Å². The van der Waals surface area contributed by atoms with Gasteiger partial charge in [-0.2, -0.15) is 23.2 Å². The average Bonchev–Trinajstić information content (AvgIpc) is 3.86. The Morgan fingerprint density at radius 3 is 1.38 bits per heavy atom. The van der Waals surface area contributed by atoms with E-state index >= 15 is 0 Å². The van der Waals surface area contributed by atoms with Crippen molar-refractivity contribution in [3.63, 3.8) is 0 Å². The summed E-state index contributed by atoms with van der Waals surface area (Å²) < 4.78 is 37.8. The van der Waals surface area contributed by atoms with E-state index in [0.29, 0.717) is 40.9 Å². The summed E-state index contributed by atoms with van der Waals surface area (Å²) in [5.41, 5.74) is -1.88. The number of aromatic amines is 2. The van der Waals surface area contributed by atoms with Crippen molar-refractivity contribution in [2.24, 2.45) is 11.8 Å². The van der Waals surface area contributed by atoms with Crippen LogP contribution >= 0.6 is 34.6 Å². The molecule has 6 aliphatic heterocycles. The number of aryl methyl sites for hydroxylation is 6. The monoisotopic (exact) mass is 1140 g/mol. The minimum Gasteiger partial charge on any atom is -0.388 e. The van der Waals surface area contributed by atoms with Gasteiger partial charge in [-0.25, -0.2) is 39.0 Å². The molecule has 0 amide bonds.